The van der Waals surface area contributed by atoms with Crippen molar-refractivity contribution in [3.63, 3.8) is 0 Å². The standard InChI is InChI=1S/C14H14N2O2/c1-18-12-6-4-10(5-7-12)9-11-3-2-8-16-13(11)14(15)17/h2-8H,9H2,1H3,(H2,15,17). The number of carbonyl (C=O) groups excluding carboxylic acids is 1. The summed E-state index contributed by atoms with van der Waals surface area (Å²) >= 11 is 0. The molecule has 0 radical (unpaired) electrons. The fraction of sp³-hybridized carbons (Fsp3) is 0.143. The Morgan fingerprint density at radius 2 is 2.00 bits per heavy atom. The first-order valence-electron chi connectivity index (χ1n) is 5.57. The predicted octanol–water partition coefficient (Wildman–Crippen LogP) is 1.78. The summed E-state index contributed by atoms with van der Waals surface area (Å²) in [6, 6.07) is 11.3. The van der Waals surface area contributed by atoms with E-state index in [-0.39, 0.29) is 0 Å². The Hall–Kier alpha value is -2.36. The molecule has 0 saturated carbocycles. The lowest BCUT2D eigenvalue weighted by atomic mass is 10.0. The van der Waals surface area contributed by atoms with Crippen molar-refractivity contribution >= 4 is 5.91 Å². The third kappa shape index (κ3) is 2.66. The first kappa shape index (κ1) is 12.1. The van der Waals surface area contributed by atoms with Gasteiger partial charge in [0.1, 0.15) is 11.4 Å². The number of pyridine rings is 1. The third-order valence-electron chi connectivity index (χ3n) is 2.68. The van der Waals surface area contributed by atoms with Crippen molar-refractivity contribution in [2.24, 2.45) is 5.73 Å². The zero-order chi connectivity index (χ0) is 13.0. The summed E-state index contributed by atoms with van der Waals surface area (Å²) in [5.41, 5.74) is 7.52. The second-order valence-electron chi connectivity index (χ2n) is 3.90. The zero-order valence-electron chi connectivity index (χ0n) is 10.1. The number of rotatable bonds is 4. The Balaban J connectivity index is 2.25. The van der Waals surface area contributed by atoms with Crippen molar-refractivity contribution in [1.29, 1.82) is 0 Å². The van der Waals surface area contributed by atoms with Gasteiger partial charge >= 0.3 is 0 Å². The van der Waals surface area contributed by atoms with Gasteiger partial charge in [0.25, 0.3) is 5.91 Å². The molecule has 1 heterocycles. The van der Waals surface area contributed by atoms with E-state index in [0.29, 0.717) is 12.1 Å². The molecule has 2 aromatic rings. The molecule has 0 aliphatic heterocycles. The van der Waals surface area contributed by atoms with Gasteiger partial charge in [0.2, 0.25) is 0 Å². The minimum Gasteiger partial charge on any atom is -0.497 e. The second-order valence-corrected chi connectivity index (χ2v) is 3.90. The second kappa shape index (κ2) is 5.31. The van der Waals surface area contributed by atoms with Gasteiger partial charge < -0.3 is 10.5 Å². The number of primary amides is 1. The first-order chi connectivity index (χ1) is 8.70. The third-order valence-corrected chi connectivity index (χ3v) is 2.68. The highest BCUT2D eigenvalue weighted by atomic mass is 16.5. The van der Waals surface area contributed by atoms with Gasteiger partial charge in [-0.05, 0) is 35.7 Å². The lowest BCUT2D eigenvalue weighted by Crippen LogP contribution is -2.15. The van der Waals surface area contributed by atoms with Crippen LogP contribution in [0, 0.1) is 0 Å². The summed E-state index contributed by atoms with van der Waals surface area (Å²) in [5, 5.41) is 0. The van der Waals surface area contributed by atoms with Gasteiger partial charge in [-0.1, -0.05) is 18.2 Å². The van der Waals surface area contributed by atoms with E-state index in [1.807, 2.05) is 30.3 Å². The topological polar surface area (TPSA) is 65.2 Å². The molecule has 0 aliphatic carbocycles. The molecule has 0 aliphatic rings. The molecule has 0 saturated heterocycles. The van der Waals surface area contributed by atoms with Crippen molar-refractivity contribution in [2.45, 2.75) is 6.42 Å². The number of methoxy groups -OCH3 is 1. The minimum atomic E-state index is -0.501. The molecular formula is C14H14N2O2. The highest BCUT2D eigenvalue weighted by Gasteiger charge is 2.09. The van der Waals surface area contributed by atoms with E-state index >= 15 is 0 Å². The van der Waals surface area contributed by atoms with Crippen LogP contribution in [0.25, 0.3) is 0 Å². The van der Waals surface area contributed by atoms with E-state index in [1.54, 1.807) is 19.4 Å². The number of nitrogens with two attached hydrogens (primary N) is 1. The number of hydrogen-bond acceptors (Lipinski definition) is 3. The Bertz CT molecular complexity index is 550. The van der Waals surface area contributed by atoms with Gasteiger partial charge in [-0.25, -0.2) is 0 Å². The van der Waals surface area contributed by atoms with Gasteiger partial charge in [-0.15, -0.1) is 0 Å². The summed E-state index contributed by atoms with van der Waals surface area (Å²) in [5.74, 6) is 0.305. The largest absolute Gasteiger partial charge is 0.497 e. The number of ether oxygens (including phenoxy) is 1. The van der Waals surface area contributed by atoms with E-state index in [0.717, 1.165) is 16.9 Å². The molecule has 2 N–H and O–H groups in total. The average Bonchev–Trinajstić information content (AvgIpc) is 2.40. The van der Waals surface area contributed by atoms with Crippen molar-refractivity contribution in [3.8, 4) is 5.75 Å². The Labute approximate surface area is 105 Å². The molecule has 4 nitrogen and oxygen atoms in total. The normalized spacial score (nSPS) is 10.1. The van der Waals surface area contributed by atoms with Crippen LogP contribution in [0.4, 0.5) is 0 Å². The number of carbonyl (C=O) groups is 1. The maximum atomic E-state index is 11.3. The van der Waals surface area contributed by atoms with Crippen LogP contribution in [0.2, 0.25) is 0 Å². The summed E-state index contributed by atoms with van der Waals surface area (Å²) in [6.45, 7) is 0. The number of nitrogens with zero attached hydrogens (tertiary/aromatic N) is 1. The van der Waals surface area contributed by atoms with Crippen LogP contribution in [-0.4, -0.2) is 18.0 Å². The predicted molar refractivity (Wildman–Crippen MR) is 68.6 cm³/mol. The van der Waals surface area contributed by atoms with E-state index < -0.39 is 5.91 Å². The molecule has 0 bridgehead atoms. The smallest absolute Gasteiger partial charge is 0.267 e. The molecule has 92 valence electrons. The number of benzene rings is 1. The fourth-order valence-electron chi connectivity index (χ4n) is 1.77. The molecule has 1 aromatic heterocycles. The molecule has 0 atom stereocenters. The van der Waals surface area contributed by atoms with Gasteiger partial charge in [0.15, 0.2) is 0 Å². The van der Waals surface area contributed by atoms with E-state index in [1.165, 1.54) is 0 Å². The Morgan fingerprint density at radius 1 is 1.28 bits per heavy atom. The molecule has 1 aromatic carbocycles. The summed E-state index contributed by atoms with van der Waals surface area (Å²) in [6.07, 6.45) is 2.19. The lowest BCUT2D eigenvalue weighted by Gasteiger charge is -2.06. The van der Waals surface area contributed by atoms with Gasteiger partial charge in [0, 0.05) is 6.20 Å². The van der Waals surface area contributed by atoms with Crippen LogP contribution < -0.4 is 10.5 Å². The van der Waals surface area contributed by atoms with Gasteiger partial charge in [-0.2, -0.15) is 0 Å². The fourth-order valence-corrected chi connectivity index (χ4v) is 1.77. The Morgan fingerprint density at radius 3 is 2.61 bits per heavy atom. The SMILES string of the molecule is COc1ccc(Cc2cccnc2C(N)=O)cc1. The molecule has 0 spiro atoms. The van der Waals surface area contributed by atoms with E-state index in [4.69, 9.17) is 10.5 Å². The maximum Gasteiger partial charge on any atom is 0.267 e. The quantitative estimate of drug-likeness (QED) is 0.888. The van der Waals surface area contributed by atoms with Crippen molar-refractivity contribution < 1.29 is 9.53 Å². The summed E-state index contributed by atoms with van der Waals surface area (Å²) in [4.78, 5) is 15.3. The van der Waals surface area contributed by atoms with Crippen LogP contribution in [-0.2, 0) is 6.42 Å². The van der Waals surface area contributed by atoms with Crippen molar-refractivity contribution in [3.05, 3.63) is 59.4 Å². The van der Waals surface area contributed by atoms with Crippen LogP contribution >= 0.6 is 0 Å². The van der Waals surface area contributed by atoms with E-state index in [2.05, 4.69) is 4.98 Å². The lowest BCUT2D eigenvalue weighted by molar-refractivity contribution is 0.0994. The van der Waals surface area contributed by atoms with Gasteiger partial charge in [0.05, 0.1) is 7.11 Å². The maximum absolute atomic E-state index is 11.3. The average molecular weight is 242 g/mol. The molecular weight excluding hydrogens is 228 g/mol. The summed E-state index contributed by atoms with van der Waals surface area (Å²) in [7, 11) is 1.63. The van der Waals surface area contributed by atoms with Crippen LogP contribution in [0.15, 0.2) is 42.6 Å². The van der Waals surface area contributed by atoms with Crippen LogP contribution in [0.5, 0.6) is 5.75 Å². The van der Waals surface area contributed by atoms with Crippen molar-refractivity contribution in [1.82, 2.24) is 4.98 Å². The number of aromatic nitrogens is 1. The number of hydrogen-bond donors (Lipinski definition) is 1. The zero-order valence-corrected chi connectivity index (χ0v) is 10.1. The molecule has 18 heavy (non-hydrogen) atoms. The summed E-state index contributed by atoms with van der Waals surface area (Å²) < 4.78 is 5.09. The number of amides is 1. The molecule has 0 fully saturated rings. The molecule has 2 rings (SSSR count). The van der Waals surface area contributed by atoms with Crippen LogP contribution in [0.3, 0.4) is 0 Å². The minimum absolute atomic E-state index is 0.327. The monoisotopic (exact) mass is 242 g/mol. The van der Waals surface area contributed by atoms with Crippen LogP contribution in [0.1, 0.15) is 21.6 Å². The first-order valence-corrected chi connectivity index (χ1v) is 5.57. The Kier molecular flexibility index (Phi) is 3.57. The van der Waals surface area contributed by atoms with E-state index in [9.17, 15) is 4.79 Å². The van der Waals surface area contributed by atoms with Gasteiger partial charge in [-0.3, -0.25) is 9.78 Å². The molecule has 1 amide bonds. The molecule has 0 unspecified atom stereocenters. The molecule has 4 heteroatoms. The highest BCUT2D eigenvalue weighted by molar-refractivity contribution is 5.92. The highest BCUT2D eigenvalue weighted by Crippen LogP contribution is 2.16. The van der Waals surface area contributed by atoms with Crippen molar-refractivity contribution in [2.75, 3.05) is 7.11 Å².